The van der Waals surface area contributed by atoms with E-state index in [9.17, 15) is 4.79 Å². The molecule has 7 nitrogen and oxygen atoms in total. The van der Waals surface area contributed by atoms with Gasteiger partial charge in [0.15, 0.2) is 5.69 Å². The third-order valence-electron chi connectivity index (χ3n) is 2.88. The molecule has 0 bridgehead atoms. The van der Waals surface area contributed by atoms with E-state index in [2.05, 4.69) is 15.4 Å². The number of nitrogens with zero attached hydrogens (tertiary/aromatic N) is 3. The lowest BCUT2D eigenvalue weighted by Gasteiger charge is -2.06. The first-order valence-electron chi connectivity index (χ1n) is 6.94. The molecule has 0 aliphatic heterocycles. The number of nitriles is 1. The molecule has 0 fully saturated rings. The van der Waals surface area contributed by atoms with Gasteiger partial charge in [-0.3, -0.25) is 4.79 Å². The monoisotopic (exact) mass is 300 g/mol. The van der Waals surface area contributed by atoms with Crippen LogP contribution in [0.15, 0.2) is 24.3 Å². The highest BCUT2D eigenvalue weighted by Gasteiger charge is 2.09. The van der Waals surface area contributed by atoms with Gasteiger partial charge in [0, 0.05) is 12.0 Å². The van der Waals surface area contributed by atoms with Gasteiger partial charge in [-0.15, -0.1) is 5.10 Å². The maximum absolute atomic E-state index is 11.2. The molecule has 0 radical (unpaired) electrons. The summed E-state index contributed by atoms with van der Waals surface area (Å²) >= 11 is 0. The number of nitrogens with one attached hydrogen (secondary N) is 1. The zero-order valence-electron chi connectivity index (χ0n) is 12.2. The van der Waals surface area contributed by atoms with Crippen molar-refractivity contribution in [1.82, 2.24) is 15.4 Å². The average molecular weight is 300 g/mol. The number of aromatic nitrogens is 3. The lowest BCUT2D eigenvalue weighted by atomic mass is 10.1. The van der Waals surface area contributed by atoms with Gasteiger partial charge in [-0.05, 0) is 37.6 Å². The van der Waals surface area contributed by atoms with E-state index in [0.717, 1.165) is 5.56 Å². The fourth-order valence-electron chi connectivity index (χ4n) is 1.86. The Bertz CT molecular complexity index is 658. The fourth-order valence-corrected chi connectivity index (χ4v) is 1.86. The quantitative estimate of drug-likeness (QED) is 0.620. The van der Waals surface area contributed by atoms with Gasteiger partial charge < -0.3 is 9.47 Å². The van der Waals surface area contributed by atoms with Crippen LogP contribution >= 0.6 is 0 Å². The first-order valence-corrected chi connectivity index (χ1v) is 6.94. The minimum atomic E-state index is -0.212. The van der Waals surface area contributed by atoms with Crippen molar-refractivity contribution in [2.75, 3.05) is 13.2 Å². The number of aromatic amines is 1. The number of H-pyrrole nitrogens is 1. The van der Waals surface area contributed by atoms with E-state index in [4.69, 9.17) is 14.7 Å². The van der Waals surface area contributed by atoms with Crippen LogP contribution in [0.1, 0.15) is 25.5 Å². The highest BCUT2D eigenvalue weighted by molar-refractivity contribution is 5.69. The molecule has 0 saturated heterocycles. The van der Waals surface area contributed by atoms with Crippen LogP contribution in [0.25, 0.3) is 11.3 Å². The third kappa shape index (κ3) is 4.06. The summed E-state index contributed by atoms with van der Waals surface area (Å²) in [6.45, 7) is 2.61. The molecule has 22 heavy (non-hydrogen) atoms. The minimum Gasteiger partial charge on any atom is -0.494 e. The van der Waals surface area contributed by atoms with Crippen LogP contribution in [-0.4, -0.2) is 34.6 Å². The van der Waals surface area contributed by atoms with Gasteiger partial charge in [0.1, 0.15) is 17.5 Å². The lowest BCUT2D eigenvalue weighted by Crippen LogP contribution is -2.06. The molecule has 7 heteroatoms. The summed E-state index contributed by atoms with van der Waals surface area (Å²) in [5.41, 5.74) is 1.55. The molecule has 1 heterocycles. The average Bonchev–Trinajstić information content (AvgIpc) is 3.01. The molecule has 1 N–H and O–H groups in total. The summed E-state index contributed by atoms with van der Waals surface area (Å²) in [7, 11) is 0. The van der Waals surface area contributed by atoms with E-state index >= 15 is 0 Å². The van der Waals surface area contributed by atoms with Gasteiger partial charge in [0.2, 0.25) is 0 Å². The van der Waals surface area contributed by atoms with Gasteiger partial charge in [-0.1, -0.05) is 0 Å². The van der Waals surface area contributed by atoms with Crippen molar-refractivity contribution in [2.45, 2.75) is 19.8 Å². The van der Waals surface area contributed by atoms with Crippen molar-refractivity contribution in [1.29, 1.82) is 5.26 Å². The number of ether oxygens (including phenoxy) is 2. The Labute approximate surface area is 127 Å². The van der Waals surface area contributed by atoms with Crippen LogP contribution in [0.5, 0.6) is 5.75 Å². The Balaban J connectivity index is 1.85. The van der Waals surface area contributed by atoms with Crippen LogP contribution < -0.4 is 4.74 Å². The van der Waals surface area contributed by atoms with Crippen molar-refractivity contribution in [3.05, 3.63) is 30.0 Å². The summed E-state index contributed by atoms with van der Waals surface area (Å²) in [5.74, 6) is 0.478. The van der Waals surface area contributed by atoms with E-state index in [1.165, 1.54) is 0 Å². The Morgan fingerprint density at radius 1 is 1.32 bits per heavy atom. The zero-order valence-corrected chi connectivity index (χ0v) is 12.2. The molecule has 2 aromatic rings. The summed E-state index contributed by atoms with van der Waals surface area (Å²) in [4.78, 5) is 11.2. The third-order valence-corrected chi connectivity index (χ3v) is 2.88. The highest BCUT2D eigenvalue weighted by Crippen LogP contribution is 2.22. The van der Waals surface area contributed by atoms with Gasteiger partial charge in [0.25, 0.3) is 0 Å². The van der Waals surface area contributed by atoms with Crippen molar-refractivity contribution in [3.63, 3.8) is 0 Å². The zero-order chi connectivity index (χ0) is 15.8. The predicted octanol–water partition coefficient (Wildman–Crippen LogP) is 2.07. The van der Waals surface area contributed by atoms with Crippen LogP contribution in [0.2, 0.25) is 0 Å². The van der Waals surface area contributed by atoms with E-state index in [1.54, 1.807) is 31.2 Å². The van der Waals surface area contributed by atoms with Gasteiger partial charge in [-0.25, -0.2) is 0 Å². The van der Waals surface area contributed by atoms with Crippen molar-refractivity contribution >= 4 is 5.97 Å². The van der Waals surface area contributed by atoms with Crippen molar-refractivity contribution in [2.24, 2.45) is 0 Å². The topological polar surface area (TPSA) is 101 Å². The summed E-state index contributed by atoms with van der Waals surface area (Å²) in [5, 5.41) is 19.0. The number of benzene rings is 1. The van der Waals surface area contributed by atoms with E-state index < -0.39 is 0 Å². The van der Waals surface area contributed by atoms with E-state index in [1.807, 2.05) is 6.07 Å². The summed E-state index contributed by atoms with van der Waals surface area (Å²) in [6, 6.07) is 9.16. The number of hydrogen-bond acceptors (Lipinski definition) is 6. The molecule has 2 rings (SSSR count). The number of rotatable bonds is 7. The minimum absolute atomic E-state index is 0.212. The van der Waals surface area contributed by atoms with Gasteiger partial charge >= 0.3 is 5.97 Å². The molecule has 0 aliphatic carbocycles. The molecule has 0 spiro atoms. The molecule has 0 amide bonds. The predicted molar refractivity (Wildman–Crippen MR) is 77.9 cm³/mol. The number of esters is 1. The molecule has 0 unspecified atom stereocenters. The standard InChI is InChI=1S/C15H16N4O3/c1-2-21-14(20)4-3-9-22-12-7-5-11(6-8-12)15-13(10-16)17-19-18-15/h5-8H,2-4,9H2,1H3,(H,17,18,19). The molecular formula is C15H16N4O3. The Kier molecular flexibility index (Phi) is 5.49. The summed E-state index contributed by atoms with van der Waals surface area (Å²) < 4.78 is 10.4. The Morgan fingerprint density at radius 2 is 2.09 bits per heavy atom. The SMILES string of the molecule is CCOC(=O)CCCOc1ccc(-c2n[nH]nc2C#N)cc1. The molecule has 0 atom stereocenters. The molecule has 0 saturated carbocycles. The van der Waals surface area contributed by atoms with Crippen LogP contribution in [0.4, 0.5) is 0 Å². The van der Waals surface area contributed by atoms with Crippen molar-refractivity contribution < 1.29 is 14.3 Å². The Hall–Kier alpha value is -2.88. The van der Waals surface area contributed by atoms with Crippen LogP contribution in [0, 0.1) is 11.3 Å². The molecule has 0 aliphatic rings. The molecule has 1 aromatic carbocycles. The fraction of sp³-hybridized carbons (Fsp3) is 0.333. The van der Waals surface area contributed by atoms with Gasteiger partial charge in [-0.2, -0.15) is 15.6 Å². The number of hydrogen-bond donors (Lipinski definition) is 1. The van der Waals surface area contributed by atoms with Crippen LogP contribution in [0.3, 0.4) is 0 Å². The molecular weight excluding hydrogens is 284 g/mol. The largest absolute Gasteiger partial charge is 0.494 e. The second-order valence-electron chi connectivity index (χ2n) is 4.41. The second-order valence-corrected chi connectivity index (χ2v) is 4.41. The highest BCUT2D eigenvalue weighted by atomic mass is 16.5. The lowest BCUT2D eigenvalue weighted by molar-refractivity contribution is -0.143. The smallest absolute Gasteiger partial charge is 0.305 e. The van der Waals surface area contributed by atoms with Crippen LogP contribution in [-0.2, 0) is 9.53 Å². The first kappa shape index (κ1) is 15.5. The number of carbonyl (C=O) groups excluding carboxylic acids is 1. The maximum atomic E-state index is 11.2. The molecule has 114 valence electrons. The van der Waals surface area contributed by atoms with E-state index in [-0.39, 0.29) is 11.7 Å². The second kappa shape index (κ2) is 7.78. The maximum Gasteiger partial charge on any atom is 0.305 e. The Morgan fingerprint density at radius 3 is 2.77 bits per heavy atom. The van der Waals surface area contributed by atoms with E-state index in [0.29, 0.717) is 37.5 Å². The summed E-state index contributed by atoms with van der Waals surface area (Å²) in [6.07, 6.45) is 0.943. The first-order chi connectivity index (χ1) is 10.7. The molecule has 1 aromatic heterocycles. The van der Waals surface area contributed by atoms with Gasteiger partial charge in [0.05, 0.1) is 13.2 Å². The normalized spacial score (nSPS) is 10.0. The van der Waals surface area contributed by atoms with Crippen molar-refractivity contribution in [3.8, 4) is 23.1 Å². The number of carbonyl (C=O) groups is 1.